The van der Waals surface area contributed by atoms with Crippen molar-refractivity contribution in [3.8, 4) is 0 Å². The van der Waals surface area contributed by atoms with Crippen LogP contribution in [-0.2, 0) is 4.74 Å². The predicted octanol–water partition coefficient (Wildman–Crippen LogP) is 1.20. The lowest BCUT2D eigenvalue weighted by molar-refractivity contribution is 0.154. The average molecular weight is 166 g/mol. The fourth-order valence-corrected chi connectivity index (χ4v) is 1.27. The highest BCUT2D eigenvalue weighted by Crippen LogP contribution is 2.06. The van der Waals surface area contributed by atoms with Gasteiger partial charge in [0.15, 0.2) is 0 Å². The molecule has 1 fully saturated rings. The first kappa shape index (κ1) is 10.2. The molecule has 1 aliphatic heterocycles. The molecule has 0 aromatic heterocycles. The molecule has 0 amide bonds. The summed E-state index contributed by atoms with van der Waals surface area (Å²) in [7, 11) is 1.76. The molecule has 0 bridgehead atoms. The average Bonchev–Trinajstić information content (AvgIpc) is 1.91. The van der Waals surface area contributed by atoms with Gasteiger partial charge in [-0.25, -0.2) is 0 Å². The zero-order valence-corrected chi connectivity index (χ0v) is 7.25. The van der Waals surface area contributed by atoms with Crippen molar-refractivity contribution >= 4 is 12.4 Å². The van der Waals surface area contributed by atoms with Crippen LogP contribution >= 0.6 is 12.4 Å². The summed E-state index contributed by atoms with van der Waals surface area (Å²) in [5.74, 6) is 0. The van der Waals surface area contributed by atoms with Gasteiger partial charge in [0.1, 0.15) is 0 Å². The quantitative estimate of drug-likeness (QED) is 0.664. The van der Waals surface area contributed by atoms with Crippen LogP contribution in [0.2, 0.25) is 0 Å². The van der Waals surface area contributed by atoms with E-state index in [9.17, 15) is 0 Å². The second kappa shape index (κ2) is 5.96. The van der Waals surface area contributed by atoms with E-state index in [0.717, 1.165) is 6.61 Å². The summed E-state index contributed by atoms with van der Waals surface area (Å²) in [6.07, 6.45) is 3.98. The zero-order chi connectivity index (χ0) is 6.53. The molecule has 0 spiro atoms. The maximum absolute atomic E-state index is 5.02. The van der Waals surface area contributed by atoms with Gasteiger partial charge >= 0.3 is 0 Å². The van der Waals surface area contributed by atoms with E-state index in [1.165, 1.54) is 25.8 Å². The zero-order valence-electron chi connectivity index (χ0n) is 6.43. The normalized spacial score (nSPS) is 25.5. The number of methoxy groups -OCH3 is 1. The molecule has 0 aliphatic carbocycles. The van der Waals surface area contributed by atoms with Gasteiger partial charge in [-0.05, 0) is 19.4 Å². The van der Waals surface area contributed by atoms with Crippen LogP contribution in [0.15, 0.2) is 0 Å². The van der Waals surface area contributed by atoms with E-state index in [1.807, 2.05) is 0 Å². The van der Waals surface area contributed by atoms with Gasteiger partial charge in [0.05, 0.1) is 6.61 Å². The minimum atomic E-state index is 0. The van der Waals surface area contributed by atoms with Crippen molar-refractivity contribution in [3.05, 3.63) is 0 Å². The van der Waals surface area contributed by atoms with Crippen LogP contribution in [0.5, 0.6) is 0 Å². The first-order valence-corrected chi connectivity index (χ1v) is 3.66. The van der Waals surface area contributed by atoms with Crippen LogP contribution in [-0.4, -0.2) is 26.3 Å². The molecule has 3 heteroatoms. The second-order valence-corrected chi connectivity index (χ2v) is 2.60. The third kappa shape index (κ3) is 3.40. The first-order chi connectivity index (χ1) is 4.43. The Labute approximate surface area is 68.7 Å². The van der Waals surface area contributed by atoms with E-state index in [-0.39, 0.29) is 12.4 Å². The monoisotopic (exact) mass is 165 g/mol. The molecular weight excluding hydrogens is 150 g/mol. The molecule has 1 N–H and O–H groups in total. The summed E-state index contributed by atoms with van der Waals surface area (Å²) in [6.45, 7) is 2.05. The van der Waals surface area contributed by atoms with Crippen molar-refractivity contribution in [2.45, 2.75) is 25.3 Å². The first-order valence-electron chi connectivity index (χ1n) is 3.66. The number of rotatable bonds is 2. The van der Waals surface area contributed by atoms with Gasteiger partial charge in [-0.3, -0.25) is 0 Å². The van der Waals surface area contributed by atoms with Crippen molar-refractivity contribution in [2.75, 3.05) is 20.3 Å². The van der Waals surface area contributed by atoms with Crippen molar-refractivity contribution in [2.24, 2.45) is 0 Å². The van der Waals surface area contributed by atoms with Crippen LogP contribution < -0.4 is 5.32 Å². The minimum Gasteiger partial charge on any atom is -0.383 e. The van der Waals surface area contributed by atoms with Gasteiger partial charge in [0, 0.05) is 13.2 Å². The third-order valence-electron chi connectivity index (χ3n) is 1.78. The highest BCUT2D eigenvalue weighted by molar-refractivity contribution is 5.85. The summed E-state index contributed by atoms with van der Waals surface area (Å²) in [5, 5.41) is 3.40. The van der Waals surface area contributed by atoms with Gasteiger partial charge in [-0.2, -0.15) is 0 Å². The lowest BCUT2D eigenvalue weighted by Gasteiger charge is -2.22. The number of nitrogens with one attached hydrogen (secondary N) is 1. The lowest BCUT2D eigenvalue weighted by atomic mass is 10.1. The Morgan fingerprint density at radius 3 is 2.80 bits per heavy atom. The highest BCUT2D eigenvalue weighted by Gasteiger charge is 2.10. The molecule has 0 aromatic rings. The highest BCUT2D eigenvalue weighted by atomic mass is 35.5. The SMILES string of the molecule is COCC1CCCCN1.Cl. The fraction of sp³-hybridized carbons (Fsp3) is 1.00. The molecule has 1 saturated heterocycles. The van der Waals surface area contributed by atoms with Crippen molar-refractivity contribution in [1.29, 1.82) is 0 Å². The molecule has 1 atom stereocenters. The third-order valence-corrected chi connectivity index (χ3v) is 1.78. The van der Waals surface area contributed by atoms with Gasteiger partial charge in [-0.15, -0.1) is 12.4 Å². The van der Waals surface area contributed by atoms with Crippen LogP contribution in [0.25, 0.3) is 0 Å². The fourth-order valence-electron chi connectivity index (χ4n) is 1.27. The van der Waals surface area contributed by atoms with Gasteiger partial charge in [0.2, 0.25) is 0 Å². The number of piperidine rings is 1. The molecule has 10 heavy (non-hydrogen) atoms. The van der Waals surface area contributed by atoms with E-state index in [1.54, 1.807) is 7.11 Å². The molecule has 2 nitrogen and oxygen atoms in total. The summed E-state index contributed by atoms with van der Waals surface area (Å²) in [4.78, 5) is 0. The number of ether oxygens (including phenoxy) is 1. The van der Waals surface area contributed by atoms with E-state index in [2.05, 4.69) is 5.32 Å². The lowest BCUT2D eigenvalue weighted by Crippen LogP contribution is -2.37. The van der Waals surface area contributed by atoms with Crippen LogP contribution in [0.1, 0.15) is 19.3 Å². The minimum absolute atomic E-state index is 0. The Hall–Kier alpha value is 0.210. The summed E-state index contributed by atoms with van der Waals surface area (Å²) in [5.41, 5.74) is 0. The van der Waals surface area contributed by atoms with Gasteiger partial charge in [0.25, 0.3) is 0 Å². The molecule has 0 aromatic carbocycles. The smallest absolute Gasteiger partial charge is 0.0615 e. The van der Waals surface area contributed by atoms with E-state index in [0.29, 0.717) is 6.04 Å². The van der Waals surface area contributed by atoms with E-state index < -0.39 is 0 Å². The molecule has 0 saturated carbocycles. The Balaban J connectivity index is 0.000000810. The number of hydrogen-bond donors (Lipinski definition) is 1. The second-order valence-electron chi connectivity index (χ2n) is 2.60. The number of halogens is 1. The van der Waals surface area contributed by atoms with E-state index in [4.69, 9.17) is 4.74 Å². The Morgan fingerprint density at radius 2 is 2.30 bits per heavy atom. The van der Waals surface area contributed by atoms with E-state index >= 15 is 0 Å². The van der Waals surface area contributed by atoms with Crippen LogP contribution in [0, 0.1) is 0 Å². The molecular formula is C7H16ClNO. The predicted molar refractivity (Wildman–Crippen MR) is 44.8 cm³/mol. The summed E-state index contributed by atoms with van der Waals surface area (Å²) >= 11 is 0. The summed E-state index contributed by atoms with van der Waals surface area (Å²) in [6, 6.07) is 0.628. The van der Waals surface area contributed by atoms with Crippen molar-refractivity contribution in [3.63, 3.8) is 0 Å². The molecule has 1 rings (SSSR count). The Morgan fingerprint density at radius 1 is 1.50 bits per heavy atom. The molecule has 1 heterocycles. The Bertz CT molecular complexity index is 71.3. The maximum atomic E-state index is 5.02. The van der Waals surface area contributed by atoms with Crippen molar-refractivity contribution in [1.82, 2.24) is 5.32 Å². The van der Waals surface area contributed by atoms with Crippen LogP contribution in [0.4, 0.5) is 0 Å². The Kier molecular flexibility index (Phi) is 6.08. The molecule has 1 aliphatic rings. The largest absolute Gasteiger partial charge is 0.383 e. The van der Waals surface area contributed by atoms with Gasteiger partial charge < -0.3 is 10.1 Å². The summed E-state index contributed by atoms with van der Waals surface area (Å²) < 4.78 is 5.02. The number of hydrogen-bond acceptors (Lipinski definition) is 2. The molecule has 0 radical (unpaired) electrons. The topological polar surface area (TPSA) is 21.3 Å². The van der Waals surface area contributed by atoms with Gasteiger partial charge in [-0.1, -0.05) is 6.42 Å². The van der Waals surface area contributed by atoms with Crippen LogP contribution in [0.3, 0.4) is 0 Å². The standard InChI is InChI=1S/C7H15NO.ClH/c1-9-6-7-4-2-3-5-8-7;/h7-8H,2-6H2,1H3;1H. The molecule has 1 unspecified atom stereocenters. The van der Waals surface area contributed by atoms with Crippen molar-refractivity contribution < 1.29 is 4.74 Å². The maximum Gasteiger partial charge on any atom is 0.0615 e. The molecule has 62 valence electrons.